The fourth-order valence-corrected chi connectivity index (χ4v) is 3.47. The predicted molar refractivity (Wildman–Crippen MR) is 112 cm³/mol. The van der Waals surface area contributed by atoms with Crippen LogP contribution in [0.5, 0.6) is 5.75 Å². The number of halogens is 2. The van der Waals surface area contributed by atoms with Crippen LogP contribution in [0, 0.1) is 10.1 Å². The lowest BCUT2D eigenvalue weighted by atomic mass is 10.1. The standard InChI is InChI=1S/C21H22F2N4O5/c1-14(19(28)24-16-7-3-4-8-17(16)27(30)31)25-10-12-26(13-11-25)20(29)15-6-2-5-9-18(15)32-21(22)23/h2-9,14,21H,10-13H2,1H3,(H,24,28). The zero-order valence-corrected chi connectivity index (χ0v) is 17.2. The van der Waals surface area contributed by atoms with Crippen molar-refractivity contribution in [2.45, 2.75) is 19.6 Å². The van der Waals surface area contributed by atoms with Crippen LogP contribution < -0.4 is 10.1 Å². The van der Waals surface area contributed by atoms with Crippen LogP contribution in [0.1, 0.15) is 17.3 Å². The third-order valence-electron chi connectivity index (χ3n) is 5.22. The number of rotatable bonds is 7. The molecule has 0 bridgehead atoms. The molecule has 2 aromatic carbocycles. The molecule has 3 rings (SSSR count). The predicted octanol–water partition coefficient (Wildman–Crippen LogP) is 2.98. The zero-order valence-electron chi connectivity index (χ0n) is 17.2. The van der Waals surface area contributed by atoms with E-state index < -0.39 is 29.4 Å². The monoisotopic (exact) mass is 448 g/mol. The number of hydrogen-bond donors (Lipinski definition) is 1. The smallest absolute Gasteiger partial charge is 0.387 e. The Bertz CT molecular complexity index is 996. The molecule has 0 aliphatic carbocycles. The molecule has 1 unspecified atom stereocenters. The van der Waals surface area contributed by atoms with Gasteiger partial charge in [0.2, 0.25) is 5.91 Å². The Labute approximate surface area is 182 Å². The maximum atomic E-state index is 12.8. The van der Waals surface area contributed by atoms with Gasteiger partial charge in [0.1, 0.15) is 11.4 Å². The number of anilines is 1. The third kappa shape index (κ3) is 5.35. The number of ether oxygens (including phenoxy) is 1. The Morgan fingerprint density at radius 2 is 1.69 bits per heavy atom. The summed E-state index contributed by atoms with van der Waals surface area (Å²) in [5.74, 6) is -1.03. The van der Waals surface area contributed by atoms with Crippen LogP contribution in [-0.2, 0) is 4.79 Å². The van der Waals surface area contributed by atoms with Crippen molar-refractivity contribution in [3.8, 4) is 5.75 Å². The molecule has 0 radical (unpaired) electrons. The number of amides is 2. The van der Waals surface area contributed by atoms with Gasteiger partial charge in [-0.05, 0) is 25.1 Å². The lowest BCUT2D eigenvalue weighted by Gasteiger charge is -2.37. The number of nitro benzene ring substituents is 1. The minimum Gasteiger partial charge on any atom is -0.434 e. The quantitative estimate of drug-likeness (QED) is 0.516. The Morgan fingerprint density at radius 1 is 1.06 bits per heavy atom. The van der Waals surface area contributed by atoms with Gasteiger partial charge < -0.3 is 15.0 Å². The summed E-state index contributed by atoms with van der Waals surface area (Å²) in [7, 11) is 0. The van der Waals surface area contributed by atoms with Crippen LogP contribution in [0.2, 0.25) is 0 Å². The van der Waals surface area contributed by atoms with Crippen molar-refractivity contribution in [2.24, 2.45) is 0 Å². The van der Waals surface area contributed by atoms with E-state index in [1.165, 1.54) is 41.3 Å². The minimum atomic E-state index is -3.04. The van der Waals surface area contributed by atoms with Gasteiger partial charge in [0.25, 0.3) is 11.6 Å². The van der Waals surface area contributed by atoms with Crippen LogP contribution in [0.3, 0.4) is 0 Å². The molecule has 2 aromatic rings. The van der Waals surface area contributed by atoms with E-state index in [-0.39, 0.29) is 35.8 Å². The van der Waals surface area contributed by atoms with Crippen molar-refractivity contribution >= 4 is 23.2 Å². The first-order chi connectivity index (χ1) is 15.3. The van der Waals surface area contributed by atoms with Gasteiger partial charge in [-0.25, -0.2) is 0 Å². The highest BCUT2D eigenvalue weighted by atomic mass is 19.3. The number of carbonyl (C=O) groups is 2. The summed E-state index contributed by atoms with van der Waals surface area (Å²) in [4.78, 5) is 39.3. The Kier molecular flexibility index (Phi) is 7.31. The highest BCUT2D eigenvalue weighted by Gasteiger charge is 2.30. The Balaban J connectivity index is 1.60. The fourth-order valence-electron chi connectivity index (χ4n) is 3.47. The van der Waals surface area contributed by atoms with E-state index >= 15 is 0 Å². The lowest BCUT2D eigenvalue weighted by Crippen LogP contribution is -2.54. The van der Waals surface area contributed by atoms with Gasteiger partial charge in [-0.1, -0.05) is 24.3 Å². The van der Waals surface area contributed by atoms with Crippen molar-refractivity contribution in [3.63, 3.8) is 0 Å². The molecular formula is C21H22F2N4O5. The number of benzene rings is 2. The number of nitrogens with zero attached hydrogens (tertiary/aromatic N) is 3. The molecule has 0 spiro atoms. The van der Waals surface area contributed by atoms with E-state index in [0.29, 0.717) is 13.1 Å². The van der Waals surface area contributed by atoms with Crippen LogP contribution >= 0.6 is 0 Å². The molecule has 1 N–H and O–H groups in total. The summed E-state index contributed by atoms with van der Waals surface area (Å²) in [6, 6.07) is 11.1. The maximum Gasteiger partial charge on any atom is 0.387 e. The number of nitrogens with one attached hydrogen (secondary N) is 1. The second-order valence-corrected chi connectivity index (χ2v) is 7.14. The Hall–Kier alpha value is -3.60. The molecule has 170 valence electrons. The first-order valence-corrected chi connectivity index (χ1v) is 9.89. The summed E-state index contributed by atoms with van der Waals surface area (Å²) < 4.78 is 29.7. The van der Waals surface area contributed by atoms with Gasteiger partial charge in [0.15, 0.2) is 0 Å². The first-order valence-electron chi connectivity index (χ1n) is 9.89. The van der Waals surface area contributed by atoms with Gasteiger partial charge in [-0.3, -0.25) is 24.6 Å². The Morgan fingerprint density at radius 3 is 2.34 bits per heavy atom. The lowest BCUT2D eigenvalue weighted by molar-refractivity contribution is -0.383. The number of piperazine rings is 1. The molecular weight excluding hydrogens is 426 g/mol. The second-order valence-electron chi connectivity index (χ2n) is 7.14. The number of para-hydroxylation sites is 3. The molecule has 0 aromatic heterocycles. The average Bonchev–Trinajstić information content (AvgIpc) is 2.78. The molecule has 1 aliphatic rings. The van der Waals surface area contributed by atoms with Gasteiger partial charge in [-0.15, -0.1) is 0 Å². The molecule has 0 saturated carbocycles. The molecule has 9 nitrogen and oxygen atoms in total. The van der Waals surface area contributed by atoms with Gasteiger partial charge in [0.05, 0.1) is 16.5 Å². The van der Waals surface area contributed by atoms with Gasteiger partial charge in [-0.2, -0.15) is 8.78 Å². The van der Waals surface area contributed by atoms with E-state index in [0.717, 1.165) is 0 Å². The van der Waals surface area contributed by atoms with Crippen LogP contribution in [0.15, 0.2) is 48.5 Å². The van der Waals surface area contributed by atoms with E-state index in [1.807, 2.05) is 4.90 Å². The second kappa shape index (κ2) is 10.1. The van der Waals surface area contributed by atoms with Crippen LogP contribution in [0.4, 0.5) is 20.2 Å². The summed E-state index contributed by atoms with van der Waals surface area (Å²) >= 11 is 0. The topological polar surface area (TPSA) is 105 Å². The average molecular weight is 448 g/mol. The van der Waals surface area contributed by atoms with E-state index in [2.05, 4.69) is 10.1 Å². The number of nitro groups is 1. The normalized spacial score (nSPS) is 15.3. The summed E-state index contributed by atoms with van der Waals surface area (Å²) in [5, 5.41) is 13.7. The highest BCUT2D eigenvalue weighted by molar-refractivity contribution is 5.97. The van der Waals surface area contributed by atoms with Gasteiger partial charge in [0, 0.05) is 32.2 Å². The number of carbonyl (C=O) groups excluding carboxylic acids is 2. The van der Waals surface area contributed by atoms with Crippen molar-refractivity contribution in [2.75, 3.05) is 31.5 Å². The SMILES string of the molecule is CC(C(=O)Nc1ccccc1[N+](=O)[O-])N1CCN(C(=O)c2ccccc2OC(F)F)CC1. The van der Waals surface area contributed by atoms with E-state index in [1.54, 1.807) is 19.1 Å². The fraction of sp³-hybridized carbons (Fsp3) is 0.333. The highest BCUT2D eigenvalue weighted by Crippen LogP contribution is 2.25. The molecule has 1 saturated heterocycles. The van der Waals surface area contributed by atoms with Gasteiger partial charge >= 0.3 is 6.61 Å². The maximum absolute atomic E-state index is 12.8. The van der Waals surface area contributed by atoms with Crippen molar-refractivity contribution in [3.05, 3.63) is 64.2 Å². The minimum absolute atomic E-state index is 0.0448. The molecule has 32 heavy (non-hydrogen) atoms. The van der Waals surface area contributed by atoms with E-state index in [4.69, 9.17) is 0 Å². The van der Waals surface area contributed by atoms with E-state index in [9.17, 15) is 28.5 Å². The molecule has 2 amide bonds. The summed E-state index contributed by atoms with van der Waals surface area (Å²) in [6.45, 7) is -0.0615. The zero-order chi connectivity index (χ0) is 23.3. The largest absolute Gasteiger partial charge is 0.434 e. The molecule has 1 fully saturated rings. The third-order valence-corrected chi connectivity index (χ3v) is 5.22. The molecule has 11 heteroatoms. The van der Waals surface area contributed by atoms with Crippen molar-refractivity contribution in [1.82, 2.24) is 9.80 Å². The molecule has 1 aliphatic heterocycles. The van der Waals surface area contributed by atoms with Crippen LogP contribution in [0.25, 0.3) is 0 Å². The molecule has 1 heterocycles. The number of hydrogen-bond acceptors (Lipinski definition) is 6. The van der Waals surface area contributed by atoms with Crippen molar-refractivity contribution < 1.29 is 28.0 Å². The molecule has 1 atom stereocenters. The number of alkyl halides is 2. The van der Waals surface area contributed by atoms with Crippen LogP contribution in [-0.4, -0.2) is 65.4 Å². The van der Waals surface area contributed by atoms with Crippen molar-refractivity contribution in [1.29, 1.82) is 0 Å². The first kappa shape index (κ1) is 23.1. The summed E-state index contributed by atoms with van der Waals surface area (Å²) in [6.07, 6.45) is 0. The summed E-state index contributed by atoms with van der Waals surface area (Å²) in [5.41, 5.74) is -0.0459.